The van der Waals surface area contributed by atoms with Gasteiger partial charge in [-0.05, 0) is 55.6 Å². The van der Waals surface area contributed by atoms with Crippen LogP contribution in [0.2, 0.25) is 0 Å². The first-order valence-electron chi connectivity index (χ1n) is 6.74. The number of rotatable bonds is 7. The zero-order chi connectivity index (χ0) is 17.5. The molecular weight excluding hydrogens is 444 g/mol. The highest BCUT2D eigenvalue weighted by Crippen LogP contribution is 2.28. The number of H-pyrrole nitrogens is 1. The Morgan fingerprint density at radius 3 is 2.75 bits per heavy atom. The lowest BCUT2D eigenvalue weighted by Gasteiger charge is -2.11. The Labute approximate surface area is 156 Å². The molecule has 1 aromatic heterocycles. The van der Waals surface area contributed by atoms with E-state index in [2.05, 4.69) is 48.2 Å². The van der Waals surface area contributed by atoms with E-state index in [1.165, 1.54) is 7.11 Å². The van der Waals surface area contributed by atoms with Crippen molar-refractivity contribution in [3.8, 4) is 23.8 Å². The van der Waals surface area contributed by atoms with Gasteiger partial charge in [0.2, 0.25) is 0 Å². The van der Waals surface area contributed by atoms with Crippen molar-refractivity contribution < 1.29 is 19.1 Å². The molecule has 1 amide bonds. The highest BCUT2D eigenvalue weighted by atomic mass is 79.9. The van der Waals surface area contributed by atoms with Gasteiger partial charge in [0.25, 0.3) is 5.91 Å². The van der Waals surface area contributed by atoms with E-state index in [-0.39, 0.29) is 19.1 Å². The lowest BCUT2D eigenvalue weighted by molar-refractivity contribution is 0.0229. The fourth-order valence-electron chi connectivity index (χ4n) is 1.81. The van der Waals surface area contributed by atoms with E-state index >= 15 is 0 Å². The maximum absolute atomic E-state index is 11.9. The monoisotopic (exact) mass is 456 g/mol. The molecule has 0 spiro atoms. The van der Waals surface area contributed by atoms with Gasteiger partial charge in [0.1, 0.15) is 12.3 Å². The van der Waals surface area contributed by atoms with Gasteiger partial charge in [-0.3, -0.25) is 9.63 Å². The van der Waals surface area contributed by atoms with Crippen LogP contribution in [0.25, 0.3) is 0 Å². The van der Waals surface area contributed by atoms with E-state index in [1.54, 1.807) is 24.3 Å². The molecule has 0 atom stereocenters. The molecule has 0 aliphatic carbocycles. The number of benzene rings is 1. The van der Waals surface area contributed by atoms with E-state index in [0.29, 0.717) is 21.8 Å². The summed E-state index contributed by atoms with van der Waals surface area (Å²) in [5.41, 5.74) is 3.53. The number of amides is 1. The van der Waals surface area contributed by atoms with Gasteiger partial charge in [-0.15, -0.1) is 6.42 Å². The number of aromatic amines is 1. The van der Waals surface area contributed by atoms with Gasteiger partial charge in [0.05, 0.1) is 22.8 Å². The number of ether oxygens (including phenoxy) is 2. The van der Waals surface area contributed by atoms with Crippen molar-refractivity contribution in [3.05, 3.63) is 44.6 Å². The molecule has 1 heterocycles. The molecule has 0 bridgehead atoms. The summed E-state index contributed by atoms with van der Waals surface area (Å²) < 4.78 is 12.0. The number of aromatic nitrogens is 1. The molecule has 2 rings (SSSR count). The Hall–Kier alpha value is -1.95. The van der Waals surface area contributed by atoms with Gasteiger partial charge >= 0.3 is 0 Å². The van der Waals surface area contributed by atoms with Crippen molar-refractivity contribution in [2.75, 3.05) is 13.7 Å². The molecule has 24 heavy (non-hydrogen) atoms. The molecule has 0 saturated carbocycles. The molecule has 6 nitrogen and oxygen atoms in total. The first kappa shape index (κ1) is 18.4. The number of nitrogens with one attached hydrogen (secondary N) is 2. The van der Waals surface area contributed by atoms with Crippen molar-refractivity contribution in [2.24, 2.45) is 0 Å². The van der Waals surface area contributed by atoms with Crippen LogP contribution in [0.1, 0.15) is 16.1 Å². The molecular formula is C16H14Br2N2O4. The lowest BCUT2D eigenvalue weighted by Crippen LogP contribution is -2.23. The van der Waals surface area contributed by atoms with Crippen molar-refractivity contribution in [1.29, 1.82) is 0 Å². The molecule has 0 unspecified atom stereocenters. The minimum Gasteiger partial charge on any atom is -0.493 e. The summed E-state index contributed by atoms with van der Waals surface area (Å²) in [4.78, 5) is 20.0. The summed E-state index contributed by atoms with van der Waals surface area (Å²) in [6.07, 6.45) is 5.17. The number of halogens is 2. The summed E-state index contributed by atoms with van der Waals surface area (Å²) in [5, 5.41) is 0. The van der Waals surface area contributed by atoms with Crippen molar-refractivity contribution in [1.82, 2.24) is 10.5 Å². The predicted octanol–water partition coefficient (Wildman–Crippen LogP) is 3.42. The smallest absolute Gasteiger partial charge is 0.291 e. The van der Waals surface area contributed by atoms with Gasteiger partial charge in [0, 0.05) is 0 Å². The van der Waals surface area contributed by atoms with Crippen LogP contribution in [-0.4, -0.2) is 24.6 Å². The zero-order valence-corrected chi connectivity index (χ0v) is 15.9. The van der Waals surface area contributed by atoms with Crippen LogP contribution in [-0.2, 0) is 11.4 Å². The second kappa shape index (κ2) is 8.78. The van der Waals surface area contributed by atoms with Gasteiger partial charge in [-0.1, -0.05) is 12.0 Å². The summed E-state index contributed by atoms with van der Waals surface area (Å²) in [7, 11) is 1.53. The van der Waals surface area contributed by atoms with Crippen LogP contribution in [0.5, 0.6) is 11.5 Å². The van der Waals surface area contributed by atoms with Crippen molar-refractivity contribution in [2.45, 2.75) is 6.61 Å². The molecule has 2 N–H and O–H groups in total. The van der Waals surface area contributed by atoms with Gasteiger partial charge in [0.15, 0.2) is 11.5 Å². The Kier molecular flexibility index (Phi) is 6.73. The number of hydrogen-bond acceptors (Lipinski definition) is 4. The number of carbonyl (C=O) groups excluding carboxylic acids is 1. The molecule has 2 aromatic rings. The van der Waals surface area contributed by atoms with E-state index in [9.17, 15) is 4.79 Å². The van der Waals surface area contributed by atoms with E-state index in [4.69, 9.17) is 20.7 Å². The molecule has 1 aromatic carbocycles. The molecule has 0 aliphatic rings. The second-order valence-corrected chi connectivity index (χ2v) is 6.19. The number of hydroxylamine groups is 1. The third-order valence-corrected chi connectivity index (χ3v) is 4.70. The lowest BCUT2D eigenvalue weighted by atomic mass is 10.2. The first-order chi connectivity index (χ1) is 11.5. The average Bonchev–Trinajstić information content (AvgIpc) is 2.92. The van der Waals surface area contributed by atoms with Crippen LogP contribution < -0.4 is 15.0 Å². The average molecular weight is 458 g/mol. The summed E-state index contributed by atoms with van der Waals surface area (Å²) >= 11 is 6.56. The second-order valence-electron chi connectivity index (χ2n) is 4.54. The topological polar surface area (TPSA) is 72.6 Å². The first-order valence-corrected chi connectivity index (χ1v) is 8.33. The quantitative estimate of drug-likeness (QED) is 0.493. The minimum atomic E-state index is -0.387. The largest absolute Gasteiger partial charge is 0.493 e. The normalized spacial score (nSPS) is 10.1. The standard InChI is InChI=1S/C16H14Br2N2O4/c1-3-6-23-13-5-4-10(7-14(13)22-2)9-24-20-16(21)12-8-11(17)15(18)19-12/h1,4-5,7-8,19H,6,9H2,2H3,(H,20,21). The van der Waals surface area contributed by atoms with Crippen LogP contribution in [0.3, 0.4) is 0 Å². The van der Waals surface area contributed by atoms with Gasteiger partial charge in [-0.25, -0.2) is 5.48 Å². The molecule has 0 radical (unpaired) electrons. The van der Waals surface area contributed by atoms with E-state index in [0.717, 1.165) is 10.0 Å². The number of hydrogen-bond donors (Lipinski definition) is 2. The van der Waals surface area contributed by atoms with Gasteiger partial charge in [-0.2, -0.15) is 0 Å². The minimum absolute atomic E-state index is 0.156. The zero-order valence-electron chi connectivity index (χ0n) is 12.7. The van der Waals surface area contributed by atoms with E-state index < -0.39 is 0 Å². The molecule has 0 aliphatic heterocycles. The predicted molar refractivity (Wildman–Crippen MR) is 95.8 cm³/mol. The van der Waals surface area contributed by atoms with Crippen LogP contribution in [0, 0.1) is 12.3 Å². The summed E-state index contributed by atoms with van der Waals surface area (Å²) in [5.74, 6) is 3.09. The molecule has 0 fully saturated rings. The highest BCUT2D eigenvalue weighted by Gasteiger charge is 2.11. The number of terminal acetylenes is 1. The number of carbonyl (C=O) groups is 1. The summed E-state index contributed by atoms with van der Waals surface area (Å²) in [6, 6.07) is 6.92. The van der Waals surface area contributed by atoms with Crippen LogP contribution in [0.4, 0.5) is 0 Å². The van der Waals surface area contributed by atoms with Crippen molar-refractivity contribution >= 4 is 37.8 Å². The highest BCUT2D eigenvalue weighted by molar-refractivity contribution is 9.13. The number of methoxy groups -OCH3 is 1. The van der Waals surface area contributed by atoms with Crippen LogP contribution in [0.15, 0.2) is 33.3 Å². The Morgan fingerprint density at radius 2 is 2.12 bits per heavy atom. The fourth-order valence-corrected chi connectivity index (χ4v) is 2.46. The molecule has 8 heteroatoms. The maximum atomic E-state index is 11.9. The Morgan fingerprint density at radius 1 is 1.33 bits per heavy atom. The fraction of sp³-hybridized carbons (Fsp3) is 0.188. The third-order valence-electron chi connectivity index (χ3n) is 2.91. The van der Waals surface area contributed by atoms with Crippen LogP contribution >= 0.6 is 31.9 Å². The van der Waals surface area contributed by atoms with Gasteiger partial charge < -0.3 is 14.5 Å². The molecule has 0 saturated heterocycles. The van der Waals surface area contributed by atoms with Crippen molar-refractivity contribution in [3.63, 3.8) is 0 Å². The maximum Gasteiger partial charge on any atom is 0.291 e. The Bertz CT molecular complexity index is 748. The third kappa shape index (κ3) is 4.77. The molecule has 126 valence electrons. The summed E-state index contributed by atoms with van der Waals surface area (Å²) in [6.45, 7) is 0.324. The Balaban J connectivity index is 1.92. The van der Waals surface area contributed by atoms with E-state index in [1.807, 2.05) is 0 Å². The SMILES string of the molecule is C#CCOc1ccc(CONC(=O)c2cc(Br)c(Br)[nH]2)cc1OC.